The van der Waals surface area contributed by atoms with Gasteiger partial charge in [0, 0.05) is 47.9 Å². The van der Waals surface area contributed by atoms with Gasteiger partial charge < -0.3 is 4.90 Å². The van der Waals surface area contributed by atoms with Crippen molar-refractivity contribution < 1.29 is 13.2 Å². The van der Waals surface area contributed by atoms with Crippen LogP contribution in [0.5, 0.6) is 0 Å². The molecule has 1 aromatic rings. The lowest BCUT2D eigenvalue weighted by Gasteiger charge is -2.24. The fraction of sp³-hybridized carbons (Fsp3) is 0.667. The SMILES string of the molecule is Cc1c(C(C)N2CC(CS(=O)(=O)Cl)CC2=O)cnn1C. The molecule has 1 aromatic heterocycles. The number of aromatic nitrogens is 2. The van der Waals surface area contributed by atoms with E-state index in [9.17, 15) is 13.2 Å². The molecular formula is C12H18ClN3O3S. The number of halogens is 1. The van der Waals surface area contributed by atoms with Gasteiger partial charge in [0.25, 0.3) is 0 Å². The van der Waals surface area contributed by atoms with Crippen molar-refractivity contribution in [1.82, 2.24) is 14.7 Å². The Kier molecular flexibility index (Phi) is 4.11. The monoisotopic (exact) mass is 319 g/mol. The molecule has 2 unspecified atom stereocenters. The molecule has 0 radical (unpaired) electrons. The molecule has 112 valence electrons. The molecule has 0 saturated carbocycles. The van der Waals surface area contributed by atoms with E-state index in [0.717, 1.165) is 11.3 Å². The highest BCUT2D eigenvalue weighted by molar-refractivity contribution is 8.13. The molecule has 1 aliphatic rings. The Bertz CT molecular complexity index is 626. The lowest BCUT2D eigenvalue weighted by atomic mass is 10.1. The molecule has 2 atom stereocenters. The molecule has 20 heavy (non-hydrogen) atoms. The minimum Gasteiger partial charge on any atom is -0.335 e. The predicted octanol–water partition coefficient (Wildman–Crippen LogP) is 1.21. The first-order chi connectivity index (χ1) is 9.19. The molecule has 0 aromatic carbocycles. The van der Waals surface area contributed by atoms with Crippen LogP contribution in [0.1, 0.15) is 30.6 Å². The topological polar surface area (TPSA) is 72.3 Å². The fourth-order valence-corrected chi connectivity index (χ4v) is 3.99. The second-order valence-electron chi connectivity index (χ2n) is 5.31. The Morgan fingerprint density at radius 2 is 2.20 bits per heavy atom. The van der Waals surface area contributed by atoms with Crippen LogP contribution in [0, 0.1) is 12.8 Å². The van der Waals surface area contributed by atoms with Crippen molar-refractivity contribution >= 4 is 25.6 Å². The van der Waals surface area contributed by atoms with Gasteiger partial charge >= 0.3 is 0 Å². The maximum Gasteiger partial charge on any atom is 0.232 e. The summed E-state index contributed by atoms with van der Waals surface area (Å²) < 4.78 is 24.0. The zero-order valence-corrected chi connectivity index (χ0v) is 13.3. The summed E-state index contributed by atoms with van der Waals surface area (Å²) >= 11 is 0. The van der Waals surface area contributed by atoms with Crippen molar-refractivity contribution in [3.05, 3.63) is 17.5 Å². The number of nitrogens with zero attached hydrogens (tertiary/aromatic N) is 3. The van der Waals surface area contributed by atoms with Gasteiger partial charge in [-0.1, -0.05) is 0 Å². The van der Waals surface area contributed by atoms with E-state index in [2.05, 4.69) is 5.10 Å². The lowest BCUT2D eigenvalue weighted by molar-refractivity contribution is -0.129. The third-order valence-electron chi connectivity index (χ3n) is 3.86. The van der Waals surface area contributed by atoms with E-state index in [4.69, 9.17) is 10.7 Å². The van der Waals surface area contributed by atoms with Crippen LogP contribution in [-0.2, 0) is 20.9 Å². The lowest BCUT2D eigenvalue weighted by Crippen LogP contribution is -2.29. The van der Waals surface area contributed by atoms with Crippen LogP contribution in [0.3, 0.4) is 0 Å². The van der Waals surface area contributed by atoms with Crippen molar-refractivity contribution in [3.63, 3.8) is 0 Å². The van der Waals surface area contributed by atoms with Gasteiger partial charge in [0.15, 0.2) is 0 Å². The zero-order valence-electron chi connectivity index (χ0n) is 11.7. The number of carbonyl (C=O) groups excluding carboxylic acids is 1. The Morgan fingerprint density at radius 3 is 2.70 bits per heavy atom. The van der Waals surface area contributed by atoms with Crippen molar-refractivity contribution in [1.29, 1.82) is 0 Å². The standard InChI is InChI=1S/C12H18ClN3O3S/c1-8-11(5-14-15(8)3)9(2)16-6-10(4-12(16)17)7-20(13,18)19/h5,9-10H,4,6-7H2,1-3H3. The Hall–Kier alpha value is -1.08. The van der Waals surface area contributed by atoms with E-state index in [-0.39, 0.29) is 30.0 Å². The van der Waals surface area contributed by atoms with Crippen LogP contribution in [-0.4, -0.2) is 41.3 Å². The molecule has 1 aliphatic heterocycles. The molecule has 2 heterocycles. The van der Waals surface area contributed by atoms with Crippen LogP contribution < -0.4 is 0 Å². The Labute approximate surface area is 123 Å². The number of aryl methyl sites for hydroxylation is 1. The van der Waals surface area contributed by atoms with Crippen molar-refractivity contribution in [3.8, 4) is 0 Å². The fourth-order valence-electron chi connectivity index (χ4n) is 2.67. The minimum absolute atomic E-state index is 0.0360. The smallest absolute Gasteiger partial charge is 0.232 e. The molecule has 0 N–H and O–H groups in total. The number of hydrogen-bond acceptors (Lipinski definition) is 4. The molecule has 1 amide bonds. The van der Waals surface area contributed by atoms with Gasteiger partial charge in [-0.2, -0.15) is 5.10 Å². The second-order valence-corrected chi connectivity index (χ2v) is 8.13. The average Bonchev–Trinajstić information content (AvgIpc) is 2.81. The normalized spacial score (nSPS) is 21.5. The van der Waals surface area contributed by atoms with Crippen molar-refractivity contribution in [2.45, 2.75) is 26.3 Å². The molecule has 1 saturated heterocycles. The van der Waals surface area contributed by atoms with E-state index in [1.54, 1.807) is 15.8 Å². The van der Waals surface area contributed by atoms with Gasteiger partial charge in [-0.05, 0) is 13.8 Å². The molecule has 8 heteroatoms. The maximum absolute atomic E-state index is 12.1. The number of carbonyl (C=O) groups is 1. The molecule has 0 aliphatic carbocycles. The highest BCUT2D eigenvalue weighted by Crippen LogP contribution is 2.30. The average molecular weight is 320 g/mol. The number of amides is 1. The zero-order chi connectivity index (χ0) is 15.1. The molecular weight excluding hydrogens is 302 g/mol. The van der Waals surface area contributed by atoms with E-state index in [1.165, 1.54) is 0 Å². The first-order valence-corrected chi connectivity index (χ1v) is 8.87. The van der Waals surface area contributed by atoms with Gasteiger partial charge in [0.1, 0.15) is 0 Å². The highest BCUT2D eigenvalue weighted by Gasteiger charge is 2.35. The largest absolute Gasteiger partial charge is 0.335 e. The summed E-state index contributed by atoms with van der Waals surface area (Å²) in [4.78, 5) is 13.8. The van der Waals surface area contributed by atoms with E-state index in [1.807, 2.05) is 20.9 Å². The summed E-state index contributed by atoms with van der Waals surface area (Å²) in [5.74, 6) is -0.425. The minimum atomic E-state index is -3.57. The molecule has 2 rings (SSSR count). The van der Waals surface area contributed by atoms with Gasteiger partial charge in [-0.25, -0.2) is 8.42 Å². The summed E-state index contributed by atoms with van der Waals surface area (Å²) in [7, 11) is 3.54. The van der Waals surface area contributed by atoms with E-state index in [0.29, 0.717) is 6.54 Å². The third kappa shape index (κ3) is 3.15. The number of rotatable bonds is 4. The molecule has 0 spiro atoms. The second kappa shape index (κ2) is 5.37. The third-order valence-corrected chi connectivity index (χ3v) is 5.11. The van der Waals surface area contributed by atoms with Gasteiger partial charge in [-0.3, -0.25) is 9.48 Å². The molecule has 0 bridgehead atoms. The van der Waals surface area contributed by atoms with Crippen LogP contribution in [0.2, 0.25) is 0 Å². The first-order valence-electron chi connectivity index (χ1n) is 6.39. The predicted molar refractivity (Wildman–Crippen MR) is 75.8 cm³/mol. The van der Waals surface area contributed by atoms with Gasteiger partial charge in [0.2, 0.25) is 15.0 Å². The quantitative estimate of drug-likeness (QED) is 0.782. The van der Waals surface area contributed by atoms with Crippen molar-refractivity contribution in [2.75, 3.05) is 12.3 Å². The molecule has 6 nitrogen and oxygen atoms in total. The summed E-state index contributed by atoms with van der Waals surface area (Å²) in [5.41, 5.74) is 1.98. The first kappa shape index (κ1) is 15.3. The summed E-state index contributed by atoms with van der Waals surface area (Å²) in [6.07, 6.45) is 1.98. The van der Waals surface area contributed by atoms with Crippen LogP contribution >= 0.6 is 10.7 Å². The van der Waals surface area contributed by atoms with Gasteiger partial charge in [-0.15, -0.1) is 0 Å². The van der Waals surface area contributed by atoms with Crippen LogP contribution in [0.15, 0.2) is 6.20 Å². The Balaban J connectivity index is 2.14. The Morgan fingerprint density at radius 1 is 1.55 bits per heavy atom. The summed E-state index contributed by atoms with van der Waals surface area (Å²) in [6.45, 7) is 4.29. The summed E-state index contributed by atoms with van der Waals surface area (Å²) in [5, 5.41) is 4.17. The number of likely N-dealkylation sites (tertiary alicyclic amines) is 1. The maximum atomic E-state index is 12.1. The van der Waals surface area contributed by atoms with Crippen LogP contribution in [0.4, 0.5) is 0 Å². The van der Waals surface area contributed by atoms with E-state index >= 15 is 0 Å². The van der Waals surface area contributed by atoms with Crippen molar-refractivity contribution in [2.24, 2.45) is 13.0 Å². The van der Waals surface area contributed by atoms with E-state index < -0.39 is 9.05 Å². The summed E-state index contributed by atoms with van der Waals surface area (Å²) in [6, 6.07) is -0.112. The van der Waals surface area contributed by atoms with Gasteiger partial charge in [0.05, 0.1) is 18.0 Å². The van der Waals surface area contributed by atoms with Crippen LogP contribution in [0.25, 0.3) is 0 Å². The highest BCUT2D eigenvalue weighted by atomic mass is 35.7. The molecule has 1 fully saturated rings. The number of hydrogen-bond donors (Lipinski definition) is 0.